The van der Waals surface area contributed by atoms with E-state index in [-0.39, 0.29) is 12.1 Å². The van der Waals surface area contributed by atoms with Gasteiger partial charge in [0.2, 0.25) is 0 Å². The molecule has 0 heterocycles. The molecule has 0 aromatic heterocycles. The average Bonchev–Trinajstić information content (AvgIpc) is 2.79. The Morgan fingerprint density at radius 3 is 1.73 bits per heavy atom. The number of carbonyl (C=O) groups is 3. The Bertz CT molecular complexity index is 632. The first-order chi connectivity index (χ1) is 14.4. The zero-order valence-electron chi connectivity index (χ0n) is 18.6. The standard InChI is InChI=1S/C13H12O.C7H15NO2.CH5N.2CH2O/c1-11-7-9-13(10-8-11)14-12-5-3-2-4-6-12;1-4-6(7(9)10)8-5(2)3;3*1-2/h2-10H,1H3;5-6,8H,4H2,1-3H3,(H,9,10);2H2,1H3;2*1H2. The quantitative estimate of drug-likeness (QED) is 0.649. The summed E-state index contributed by atoms with van der Waals surface area (Å²) in [5, 5.41) is 11.5. The van der Waals surface area contributed by atoms with Crippen molar-refractivity contribution in [1.82, 2.24) is 5.32 Å². The van der Waals surface area contributed by atoms with Crippen LogP contribution in [0.4, 0.5) is 0 Å². The number of para-hydroxylation sites is 1. The van der Waals surface area contributed by atoms with Gasteiger partial charge in [-0.15, -0.1) is 0 Å². The third-order valence-corrected chi connectivity index (χ3v) is 3.24. The van der Waals surface area contributed by atoms with E-state index in [1.54, 1.807) is 0 Å². The van der Waals surface area contributed by atoms with Crippen LogP contribution in [-0.2, 0) is 14.4 Å². The topological polar surface area (TPSA) is 119 Å². The van der Waals surface area contributed by atoms with Gasteiger partial charge in [0.15, 0.2) is 0 Å². The molecule has 4 N–H and O–H groups in total. The maximum atomic E-state index is 10.4. The van der Waals surface area contributed by atoms with E-state index in [9.17, 15) is 4.79 Å². The van der Waals surface area contributed by atoms with Gasteiger partial charge >= 0.3 is 5.97 Å². The van der Waals surface area contributed by atoms with Gasteiger partial charge in [-0.2, -0.15) is 0 Å². The number of nitrogens with two attached hydrogens (primary N) is 1. The van der Waals surface area contributed by atoms with E-state index in [1.807, 2.05) is 88.9 Å². The minimum absolute atomic E-state index is 0.237. The van der Waals surface area contributed by atoms with Gasteiger partial charge < -0.3 is 30.5 Å². The number of carboxylic acids is 1. The van der Waals surface area contributed by atoms with Crippen molar-refractivity contribution < 1.29 is 24.2 Å². The lowest BCUT2D eigenvalue weighted by Crippen LogP contribution is -2.40. The van der Waals surface area contributed by atoms with Crippen molar-refractivity contribution in [2.24, 2.45) is 5.73 Å². The summed E-state index contributed by atoms with van der Waals surface area (Å²) in [6.45, 7) is 11.8. The van der Waals surface area contributed by atoms with Crippen molar-refractivity contribution in [2.75, 3.05) is 7.05 Å². The highest BCUT2D eigenvalue weighted by molar-refractivity contribution is 5.73. The van der Waals surface area contributed by atoms with Gasteiger partial charge in [0.1, 0.15) is 31.1 Å². The lowest BCUT2D eigenvalue weighted by molar-refractivity contribution is -0.139. The number of carboxylic acid groups (broad SMARTS) is 1. The molecular weight excluding hydrogens is 384 g/mol. The number of ether oxygens (including phenoxy) is 1. The van der Waals surface area contributed by atoms with Gasteiger partial charge in [0.05, 0.1) is 0 Å². The van der Waals surface area contributed by atoms with Crippen LogP contribution in [0.15, 0.2) is 54.6 Å². The second-order valence-electron chi connectivity index (χ2n) is 5.85. The molecule has 0 radical (unpaired) electrons. The Morgan fingerprint density at radius 1 is 0.967 bits per heavy atom. The molecule has 0 saturated carbocycles. The van der Waals surface area contributed by atoms with E-state index in [1.165, 1.54) is 12.6 Å². The number of rotatable bonds is 6. The highest BCUT2D eigenvalue weighted by atomic mass is 16.5. The fourth-order valence-electron chi connectivity index (χ4n) is 2.00. The molecule has 2 aromatic carbocycles. The first kappa shape index (κ1) is 31.7. The smallest absolute Gasteiger partial charge is 0.320 e. The molecule has 0 saturated heterocycles. The van der Waals surface area contributed by atoms with Crippen LogP contribution in [0.1, 0.15) is 32.8 Å². The van der Waals surface area contributed by atoms with Crippen LogP contribution in [0.5, 0.6) is 11.5 Å². The molecule has 0 spiro atoms. The van der Waals surface area contributed by atoms with Gasteiger partial charge in [-0.3, -0.25) is 4.79 Å². The lowest BCUT2D eigenvalue weighted by Gasteiger charge is -2.14. The van der Waals surface area contributed by atoms with Crippen LogP contribution in [0.3, 0.4) is 0 Å². The Hall–Kier alpha value is -3.03. The molecule has 7 nitrogen and oxygen atoms in total. The average molecular weight is 421 g/mol. The molecule has 168 valence electrons. The van der Waals surface area contributed by atoms with Crippen LogP contribution in [0.25, 0.3) is 0 Å². The first-order valence-electron chi connectivity index (χ1n) is 9.36. The highest BCUT2D eigenvalue weighted by Crippen LogP contribution is 2.20. The first-order valence-corrected chi connectivity index (χ1v) is 9.36. The summed E-state index contributed by atoms with van der Waals surface area (Å²) >= 11 is 0. The zero-order chi connectivity index (χ0) is 23.9. The molecule has 2 aromatic rings. The SMILES string of the molecule is C=O.C=O.CCC(NC(C)C)C(=O)O.CN.Cc1ccc(Oc2ccccc2)cc1. The maximum Gasteiger partial charge on any atom is 0.320 e. The molecule has 2 rings (SSSR count). The van der Waals surface area contributed by atoms with Gasteiger partial charge in [-0.1, -0.05) is 56.7 Å². The van der Waals surface area contributed by atoms with Crippen LogP contribution >= 0.6 is 0 Å². The molecule has 0 bridgehead atoms. The molecule has 0 aliphatic rings. The van der Waals surface area contributed by atoms with E-state index >= 15 is 0 Å². The van der Waals surface area contributed by atoms with Gasteiger partial charge in [-0.05, 0) is 44.7 Å². The number of benzene rings is 2. The van der Waals surface area contributed by atoms with Crippen molar-refractivity contribution in [3.63, 3.8) is 0 Å². The van der Waals surface area contributed by atoms with E-state index in [0.29, 0.717) is 6.42 Å². The van der Waals surface area contributed by atoms with Crippen molar-refractivity contribution in [2.45, 2.75) is 46.2 Å². The monoisotopic (exact) mass is 420 g/mol. The minimum atomic E-state index is -0.767. The summed E-state index contributed by atoms with van der Waals surface area (Å²) in [4.78, 5) is 26.4. The normalized spacial score (nSPS) is 9.57. The van der Waals surface area contributed by atoms with Gasteiger partial charge in [0, 0.05) is 6.04 Å². The van der Waals surface area contributed by atoms with E-state index in [4.69, 9.17) is 19.4 Å². The number of carbonyl (C=O) groups excluding carboxylic acids is 2. The summed E-state index contributed by atoms with van der Waals surface area (Å²) in [6, 6.07) is 17.7. The second-order valence-corrected chi connectivity index (χ2v) is 5.85. The summed E-state index contributed by atoms with van der Waals surface area (Å²) in [7, 11) is 1.50. The number of hydrogen-bond acceptors (Lipinski definition) is 6. The van der Waals surface area contributed by atoms with E-state index < -0.39 is 5.97 Å². The molecule has 1 unspecified atom stereocenters. The number of nitrogens with one attached hydrogen (secondary N) is 1. The van der Waals surface area contributed by atoms with E-state index in [0.717, 1.165) is 11.5 Å². The molecule has 30 heavy (non-hydrogen) atoms. The third kappa shape index (κ3) is 17.1. The Labute approximate surface area is 180 Å². The van der Waals surface area contributed by atoms with Crippen molar-refractivity contribution in [3.8, 4) is 11.5 Å². The van der Waals surface area contributed by atoms with Crippen LogP contribution in [-0.4, -0.2) is 43.8 Å². The molecule has 0 amide bonds. The van der Waals surface area contributed by atoms with Crippen LogP contribution in [0, 0.1) is 6.92 Å². The highest BCUT2D eigenvalue weighted by Gasteiger charge is 2.14. The number of aryl methyl sites for hydroxylation is 1. The fraction of sp³-hybridized carbons (Fsp3) is 0.348. The number of hydrogen-bond donors (Lipinski definition) is 3. The Kier molecular flexibility index (Phi) is 23.5. The molecule has 7 heteroatoms. The van der Waals surface area contributed by atoms with Crippen LogP contribution in [0.2, 0.25) is 0 Å². The zero-order valence-corrected chi connectivity index (χ0v) is 18.6. The summed E-state index contributed by atoms with van der Waals surface area (Å²) in [5.74, 6) is 0.981. The number of aliphatic carboxylic acids is 1. The molecular formula is C23H36N2O5. The summed E-state index contributed by atoms with van der Waals surface area (Å²) in [5.41, 5.74) is 5.74. The molecule has 0 fully saturated rings. The van der Waals surface area contributed by atoms with Crippen molar-refractivity contribution in [1.29, 1.82) is 0 Å². The van der Waals surface area contributed by atoms with Crippen molar-refractivity contribution in [3.05, 3.63) is 60.2 Å². The Balaban J connectivity index is -0.000000404. The van der Waals surface area contributed by atoms with Gasteiger partial charge in [-0.25, -0.2) is 0 Å². The summed E-state index contributed by atoms with van der Waals surface area (Å²) in [6.07, 6.45) is 0.632. The molecule has 0 aliphatic heterocycles. The minimum Gasteiger partial charge on any atom is -0.480 e. The predicted octanol–water partition coefficient (Wildman–Crippen LogP) is 3.84. The molecule has 0 aliphatic carbocycles. The lowest BCUT2D eigenvalue weighted by atomic mass is 10.2. The maximum absolute atomic E-state index is 10.4. The largest absolute Gasteiger partial charge is 0.480 e. The van der Waals surface area contributed by atoms with E-state index in [2.05, 4.69) is 18.0 Å². The fourth-order valence-corrected chi connectivity index (χ4v) is 2.00. The van der Waals surface area contributed by atoms with Gasteiger partial charge in [0.25, 0.3) is 0 Å². The van der Waals surface area contributed by atoms with Crippen LogP contribution < -0.4 is 15.8 Å². The van der Waals surface area contributed by atoms with Crippen molar-refractivity contribution >= 4 is 19.5 Å². The molecule has 1 atom stereocenters. The Morgan fingerprint density at radius 2 is 1.40 bits per heavy atom. The predicted molar refractivity (Wildman–Crippen MR) is 122 cm³/mol. The second kappa shape index (κ2) is 22.3. The third-order valence-electron chi connectivity index (χ3n) is 3.24. The summed E-state index contributed by atoms with van der Waals surface area (Å²) < 4.78 is 5.63.